The fourth-order valence-electron chi connectivity index (χ4n) is 1.96. The molecule has 1 N–H and O–H groups in total. The van der Waals surface area contributed by atoms with Gasteiger partial charge in [-0.2, -0.15) is 16.9 Å². The predicted molar refractivity (Wildman–Crippen MR) is 76.1 cm³/mol. The van der Waals surface area contributed by atoms with Crippen LogP contribution < -0.4 is 5.32 Å². The lowest BCUT2D eigenvalue weighted by Gasteiger charge is -2.26. The number of para-hydroxylation sites is 1. The second-order valence-corrected chi connectivity index (χ2v) is 5.66. The van der Waals surface area contributed by atoms with Crippen molar-refractivity contribution < 1.29 is 0 Å². The number of nitrogens with one attached hydrogen (secondary N) is 1. The van der Waals surface area contributed by atoms with Gasteiger partial charge in [0.15, 0.2) is 0 Å². The van der Waals surface area contributed by atoms with Crippen molar-refractivity contribution in [1.82, 2.24) is 15.1 Å². The van der Waals surface area contributed by atoms with E-state index in [0.717, 1.165) is 23.1 Å². The van der Waals surface area contributed by atoms with E-state index in [4.69, 9.17) is 0 Å². The molecule has 0 atom stereocenters. The molecule has 18 heavy (non-hydrogen) atoms. The molecule has 0 radical (unpaired) electrons. The molecule has 94 valence electrons. The van der Waals surface area contributed by atoms with Crippen LogP contribution in [0, 0.1) is 5.92 Å². The Morgan fingerprint density at radius 2 is 2.06 bits per heavy atom. The summed E-state index contributed by atoms with van der Waals surface area (Å²) in [6.45, 7) is 2.37. The van der Waals surface area contributed by atoms with E-state index in [-0.39, 0.29) is 0 Å². The van der Waals surface area contributed by atoms with Crippen molar-refractivity contribution in [3.05, 3.63) is 48.3 Å². The van der Waals surface area contributed by atoms with E-state index >= 15 is 0 Å². The van der Waals surface area contributed by atoms with Gasteiger partial charge in [-0.25, -0.2) is 4.68 Å². The molecule has 0 bridgehead atoms. The third-order valence-corrected chi connectivity index (χ3v) is 4.34. The number of aromatic nitrogens is 2. The molecule has 2 heterocycles. The molecule has 1 saturated heterocycles. The molecule has 3 rings (SSSR count). The summed E-state index contributed by atoms with van der Waals surface area (Å²) >= 11 is 1.98. The summed E-state index contributed by atoms with van der Waals surface area (Å²) in [5.41, 5.74) is 2.29. The van der Waals surface area contributed by atoms with Gasteiger partial charge >= 0.3 is 0 Å². The lowest BCUT2D eigenvalue weighted by atomic mass is 10.1. The van der Waals surface area contributed by atoms with Crippen LogP contribution >= 0.6 is 11.8 Å². The molecule has 1 aliphatic heterocycles. The van der Waals surface area contributed by atoms with Crippen LogP contribution in [0.1, 0.15) is 5.69 Å². The zero-order chi connectivity index (χ0) is 12.2. The van der Waals surface area contributed by atoms with Gasteiger partial charge in [0.1, 0.15) is 0 Å². The molecule has 0 amide bonds. The lowest BCUT2D eigenvalue weighted by Crippen LogP contribution is -2.43. The number of rotatable bonds is 5. The van der Waals surface area contributed by atoms with E-state index in [1.165, 1.54) is 18.8 Å². The smallest absolute Gasteiger partial charge is 0.0727 e. The molecule has 1 fully saturated rings. The van der Waals surface area contributed by atoms with Gasteiger partial charge in [-0.05, 0) is 43.0 Å². The minimum absolute atomic E-state index is 0.867. The third-order valence-electron chi connectivity index (χ3n) is 3.13. The first kappa shape index (κ1) is 11.8. The van der Waals surface area contributed by atoms with E-state index in [0.29, 0.717) is 0 Å². The van der Waals surface area contributed by atoms with E-state index in [9.17, 15) is 0 Å². The Morgan fingerprint density at radius 3 is 2.78 bits per heavy atom. The first-order valence-electron chi connectivity index (χ1n) is 6.30. The van der Waals surface area contributed by atoms with Gasteiger partial charge < -0.3 is 5.32 Å². The van der Waals surface area contributed by atoms with Crippen molar-refractivity contribution in [3.8, 4) is 5.69 Å². The predicted octanol–water partition coefficient (Wildman–Crippen LogP) is 2.32. The summed E-state index contributed by atoms with van der Waals surface area (Å²) in [5.74, 6) is 3.12. The Hall–Kier alpha value is -1.26. The fourth-order valence-corrected chi connectivity index (χ4v) is 3.01. The highest BCUT2D eigenvalue weighted by molar-refractivity contribution is 7.98. The summed E-state index contributed by atoms with van der Waals surface area (Å²) in [6, 6.07) is 12.4. The summed E-state index contributed by atoms with van der Waals surface area (Å²) in [7, 11) is 0. The highest BCUT2D eigenvalue weighted by Crippen LogP contribution is 2.17. The molecule has 0 unspecified atom stereocenters. The Bertz CT molecular complexity index is 491. The number of nitrogens with zero attached hydrogens (tertiary/aromatic N) is 2. The average Bonchev–Trinajstić information content (AvgIpc) is 2.82. The highest BCUT2D eigenvalue weighted by Gasteiger charge is 2.16. The Kier molecular flexibility index (Phi) is 3.67. The van der Waals surface area contributed by atoms with Crippen molar-refractivity contribution >= 4 is 11.8 Å². The number of thioether (sulfide) groups is 1. The Balaban J connectivity index is 1.56. The monoisotopic (exact) mass is 259 g/mol. The van der Waals surface area contributed by atoms with Gasteiger partial charge in [0.25, 0.3) is 0 Å². The SMILES string of the molecule is c1ccc(-n2ccc(CSCC3CNC3)n2)cc1. The topological polar surface area (TPSA) is 29.9 Å². The fraction of sp³-hybridized carbons (Fsp3) is 0.357. The minimum Gasteiger partial charge on any atom is -0.316 e. The van der Waals surface area contributed by atoms with Crippen LogP contribution in [0.2, 0.25) is 0 Å². The molecule has 2 aromatic rings. The molecular formula is C14H17N3S. The third kappa shape index (κ3) is 2.76. The zero-order valence-corrected chi connectivity index (χ0v) is 11.1. The maximum atomic E-state index is 4.60. The van der Waals surface area contributed by atoms with Crippen LogP contribution in [0.15, 0.2) is 42.6 Å². The van der Waals surface area contributed by atoms with Crippen LogP contribution in [-0.2, 0) is 5.75 Å². The van der Waals surface area contributed by atoms with Gasteiger partial charge in [0.2, 0.25) is 0 Å². The van der Waals surface area contributed by atoms with E-state index in [2.05, 4.69) is 28.6 Å². The first-order valence-corrected chi connectivity index (χ1v) is 7.46. The second-order valence-electron chi connectivity index (χ2n) is 4.63. The molecule has 3 nitrogen and oxygen atoms in total. The normalized spacial score (nSPS) is 15.6. The van der Waals surface area contributed by atoms with E-state index in [1.807, 2.05) is 40.8 Å². The van der Waals surface area contributed by atoms with Crippen LogP contribution in [0.4, 0.5) is 0 Å². The molecule has 1 aromatic carbocycles. The molecule has 1 aliphatic rings. The standard InChI is InChI=1S/C14H17N3S/c1-2-4-14(5-3-1)17-7-6-13(16-17)11-18-10-12-8-15-9-12/h1-7,12,15H,8-11H2. The zero-order valence-electron chi connectivity index (χ0n) is 10.2. The van der Waals surface area contributed by atoms with Gasteiger partial charge in [0.05, 0.1) is 11.4 Å². The molecule has 0 saturated carbocycles. The molecule has 0 aliphatic carbocycles. The van der Waals surface area contributed by atoms with E-state index in [1.54, 1.807) is 0 Å². The maximum absolute atomic E-state index is 4.60. The molecule has 1 aromatic heterocycles. The van der Waals surface area contributed by atoms with Gasteiger partial charge in [-0.15, -0.1) is 0 Å². The summed E-state index contributed by atoms with van der Waals surface area (Å²) < 4.78 is 1.95. The Morgan fingerprint density at radius 1 is 1.22 bits per heavy atom. The van der Waals surface area contributed by atoms with Gasteiger partial charge in [-0.1, -0.05) is 18.2 Å². The summed E-state index contributed by atoms with van der Waals surface area (Å²) in [4.78, 5) is 0. The molecule has 0 spiro atoms. The van der Waals surface area contributed by atoms with E-state index < -0.39 is 0 Å². The van der Waals surface area contributed by atoms with Crippen LogP contribution in [0.5, 0.6) is 0 Å². The van der Waals surface area contributed by atoms with Crippen LogP contribution in [-0.4, -0.2) is 28.6 Å². The number of hydrogen-bond donors (Lipinski definition) is 1. The van der Waals surface area contributed by atoms with Crippen molar-refractivity contribution in [2.24, 2.45) is 5.92 Å². The lowest BCUT2D eigenvalue weighted by molar-refractivity contribution is 0.385. The minimum atomic E-state index is 0.867. The van der Waals surface area contributed by atoms with Crippen molar-refractivity contribution in [1.29, 1.82) is 0 Å². The molecular weight excluding hydrogens is 242 g/mol. The first-order chi connectivity index (χ1) is 8.92. The van der Waals surface area contributed by atoms with Crippen molar-refractivity contribution in [2.75, 3.05) is 18.8 Å². The van der Waals surface area contributed by atoms with Crippen molar-refractivity contribution in [2.45, 2.75) is 5.75 Å². The van der Waals surface area contributed by atoms with Crippen LogP contribution in [0.3, 0.4) is 0 Å². The van der Waals surface area contributed by atoms with Crippen molar-refractivity contribution in [3.63, 3.8) is 0 Å². The highest BCUT2D eigenvalue weighted by atomic mass is 32.2. The Labute approximate surface area is 112 Å². The van der Waals surface area contributed by atoms with Gasteiger partial charge in [0, 0.05) is 11.9 Å². The molecule has 4 heteroatoms. The number of hydrogen-bond acceptors (Lipinski definition) is 3. The van der Waals surface area contributed by atoms with Gasteiger partial charge in [-0.3, -0.25) is 0 Å². The summed E-state index contributed by atoms with van der Waals surface area (Å²) in [6.07, 6.45) is 2.04. The largest absolute Gasteiger partial charge is 0.316 e. The number of benzene rings is 1. The second kappa shape index (κ2) is 5.59. The average molecular weight is 259 g/mol. The summed E-state index contributed by atoms with van der Waals surface area (Å²) in [5, 5.41) is 7.90. The quantitative estimate of drug-likeness (QED) is 0.893. The maximum Gasteiger partial charge on any atom is 0.0727 e. The van der Waals surface area contributed by atoms with Crippen LogP contribution in [0.25, 0.3) is 5.69 Å².